The van der Waals surface area contributed by atoms with Gasteiger partial charge < -0.3 is 15.2 Å². The Labute approximate surface area is 212 Å². The van der Waals surface area contributed by atoms with Crippen LogP contribution < -0.4 is 10.1 Å². The summed E-state index contributed by atoms with van der Waals surface area (Å²) in [6, 6.07) is 14.6. The molecule has 0 bridgehead atoms. The monoisotopic (exact) mass is 489 g/mol. The zero-order valence-electron chi connectivity index (χ0n) is 21.9. The molecule has 1 aromatic heterocycles. The van der Waals surface area contributed by atoms with Crippen LogP contribution in [0.25, 0.3) is 11.4 Å². The minimum atomic E-state index is -0.301. The number of amides is 1. The number of aryl methyl sites for hydroxylation is 1. The molecule has 8 nitrogen and oxygen atoms in total. The predicted molar refractivity (Wildman–Crippen MR) is 139 cm³/mol. The molecule has 36 heavy (non-hydrogen) atoms. The van der Waals surface area contributed by atoms with Gasteiger partial charge in [-0.3, -0.25) is 9.48 Å². The average molecular weight is 490 g/mol. The van der Waals surface area contributed by atoms with Crippen LogP contribution in [0.4, 0.5) is 0 Å². The normalized spacial score (nSPS) is 12.3. The summed E-state index contributed by atoms with van der Waals surface area (Å²) < 4.78 is 7.45. The van der Waals surface area contributed by atoms with E-state index in [1.165, 1.54) is 6.07 Å². The van der Waals surface area contributed by atoms with Gasteiger partial charge in [-0.15, -0.1) is 0 Å². The Morgan fingerprint density at radius 3 is 2.44 bits per heavy atom. The van der Waals surface area contributed by atoms with Crippen molar-refractivity contribution in [3.63, 3.8) is 0 Å². The largest absolute Gasteiger partial charge is 0.490 e. The van der Waals surface area contributed by atoms with E-state index in [0.29, 0.717) is 35.5 Å². The van der Waals surface area contributed by atoms with Gasteiger partial charge >= 0.3 is 0 Å². The van der Waals surface area contributed by atoms with E-state index in [9.17, 15) is 15.2 Å². The van der Waals surface area contributed by atoms with Crippen LogP contribution >= 0.6 is 0 Å². The van der Waals surface area contributed by atoms with Gasteiger partial charge in [-0.1, -0.05) is 45.0 Å². The van der Waals surface area contributed by atoms with Gasteiger partial charge in [-0.05, 0) is 50.5 Å². The van der Waals surface area contributed by atoms with Gasteiger partial charge in [0, 0.05) is 36.2 Å². The molecule has 0 saturated heterocycles. The van der Waals surface area contributed by atoms with Crippen LogP contribution in [-0.4, -0.2) is 44.5 Å². The van der Waals surface area contributed by atoms with Crippen molar-refractivity contribution in [3.8, 4) is 23.2 Å². The lowest BCUT2D eigenvalue weighted by atomic mass is 9.96. The highest BCUT2D eigenvalue weighted by atomic mass is 16.5. The lowest BCUT2D eigenvalue weighted by molar-refractivity contribution is 0.0930. The van der Waals surface area contributed by atoms with Crippen LogP contribution in [0.5, 0.6) is 5.75 Å². The second-order valence-corrected chi connectivity index (χ2v) is 10.2. The molecule has 0 radical (unpaired) electrons. The van der Waals surface area contributed by atoms with Gasteiger partial charge in [0.25, 0.3) is 5.91 Å². The third-order valence-electron chi connectivity index (χ3n) is 5.67. The summed E-state index contributed by atoms with van der Waals surface area (Å²) in [5, 5.41) is 26.6. The van der Waals surface area contributed by atoms with E-state index in [2.05, 4.69) is 37.3 Å². The lowest BCUT2D eigenvalue weighted by Gasteiger charge is -2.19. The maximum atomic E-state index is 12.9. The van der Waals surface area contributed by atoms with E-state index < -0.39 is 0 Å². The second-order valence-electron chi connectivity index (χ2n) is 10.2. The van der Waals surface area contributed by atoms with Crippen LogP contribution in [0.3, 0.4) is 0 Å². The summed E-state index contributed by atoms with van der Waals surface area (Å²) in [4.78, 5) is 17.6. The fraction of sp³-hybridized carbons (Fsp3) is 0.429. The maximum absolute atomic E-state index is 12.9. The molecule has 2 N–H and O–H groups in total. The molecule has 8 heteroatoms. The van der Waals surface area contributed by atoms with E-state index in [-0.39, 0.29) is 30.1 Å². The number of nitrogens with zero attached hydrogens (tertiary/aromatic N) is 4. The van der Waals surface area contributed by atoms with Gasteiger partial charge in [-0.2, -0.15) is 10.4 Å². The van der Waals surface area contributed by atoms with Crippen LogP contribution in [0.1, 0.15) is 68.3 Å². The molecule has 0 spiro atoms. The van der Waals surface area contributed by atoms with Crippen LogP contribution in [0.2, 0.25) is 0 Å². The molecule has 0 aliphatic carbocycles. The first-order valence-electron chi connectivity index (χ1n) is 12.1. The summed E-state index contributed by atoms with van der Waals surface area (Å²) in [5.41, 5.74) is 2.51. The molecule has 1 atom stereocenters. The zero-order valence-corrected chi connectivity index (χ0v) is 21.9. The number of hydrogen-bond donors (Lipinski definition) is 2. The summed E-state index contributed by atoms with van der Waals surface area (Å²) in [7, 11) is 1.90. The number of aliphatic hydroxyl groups excluding tert-OH is 1. The molecule has 0 aliphatic heterocycles. The average Bonchev–Trinajstić information content (AvgIpc) is 3.21. The molecule has 3 aromatic rings. The Morgan fingerprint density at radius 2 is 1.89 bits per heavy atom. The first-order chi connectivity index (χ1) is 17.0. The van der Waals surface area contributed by atoms with Crippen molar-refractivity contribution in [2.45, 2.75) is 65.0 Å². The number of aromatic nitrogens is 3. The summed E-state index contributed by atoms with van der Waals surface area (Å²) in [6.07, 6.45) is 0.880. The van der Waals surface area contributed by atoms with E-state index in [1.54, 1.807) is 12.1 Å². The number of ether oxygens (including phenoxy) is 1. The van der Waals surface area contributed by atoms with Crippen LogP contribution in [-0.2, 0) is 18.9 Å². The summed E-state index contributed by atoms with van der Waals surface area (Å²) in [5.74, 6) is 1.74. The van der Waals surface area contributed by atoms with Crippen molar-refractivity contribution in [1.82, 2.24) is 20.1 Å². The Kier molecular flexibility index (Phi) is 8.49. The van der Waals surface area contributed by atoms with Crippen molar-refractivity contribution >= 4 is 5.91 Å². The zero-order chi connectivity index (χ0) is 26.5. The van der Waals surface area contributed by atoms with Gasteiger partial charge in [-0.25, -0.2) is 4.98 Å². The molecule has 0 fully saturated rings. The van der Waals surface area contributed by atoms with Crippen molar-refractivity contribution in [1.29, 1.82) is 5.26 Å². The van der Waals surface area contributed by atoms with Gasteiger partial charge in [0.1, 0.15) is 17.6 Å². The Morgan fingerprint density at radius 1 is 1.19 bits per heavy atom. The SMILES string of the molecule is CC(C)Oc1ccc(C(=O)N[C@H](CCO)Cc2ccc(-c3nc(C(C)(C)C)n(C)n3)cc2)cc1C#N. The Hall–Kier alpha value is -3.70. The molecule has 0 aliphatic rings. The fourth-order valence-electron chi connectivity index (χ4n) is 4.00. The fourth-order valence-corrected chi connectivity index (χ4v) is 4.00. The van der Waals surface area contributed by atoms with E-state index in [0.717, 1.165) is 17.0 Å². The topological polar surface area (TPSA) is 113 Å². The Balaban J connectivity index is 1.72. The number of carbonyl (C=O) groups is 1. The van der Waals surface area contributed by atoms with Crippen LogP contribution in [0, 0.1) is 11.3 Å². The van der Waals surface area contributed by atoms with Crippen molar-refractivity contribution < 1.29 is 14.6 Å². The molecular weight excluding hydrogens is 454 g/mol. The minimum Gasteiger partial charge on any atom is -0.490 e. The standard InChI is InChI=1S/C28H35N5O3/c1-18(2)36-24-12-11-21(16-22(24)17-29)26(35)30-23(13-14-34)15-19-7-9-20(10-8-19)25-31-27(28(3,4)5)33(6)32-25/h7-12,16,18,23,34H,13-15H2,1-6H3,(H,30,35)/t23-/m1/s1. The second kappa shape index (κ2) is 11.4. The maximum Gasteiger partial charge on any atom is 0.251 e. The molecule has 1 amide bonds. The molecular formula is C28H35N5O3. The minimum absolute atomic E-state index is 0.0545. The highest BCUT2D eigenvalue weighted by molar-refractivity contribution is 5.95. The first-order valence-corrected chi connectivity index (χ1v) is 12.1. The first kappa shape index (κ1) is 26.9. The number of aliphatic hydroxyl groups is 1. The number of nitriles is 1. The highest BCUT2D eigenvalue weighted by Gasteiger charge is 2.22. The summed E-state index contributed by atoms with van der Waals surface area (Å²) >= 11 is 0. The van der Waals surface area contributed by atoms with Crippen molar-refractivity contribution in [2.75, 3.05) is 6.61 Å². The highest BCUT2D eigenvalue weighted by Crippen LogP contribution is 2.24. The van der Waals surface area contributed by atoms with E-state index in [4.69, 9.17) is 9.72 Å². The van der Waals surface area contributed by atoms with E-state index >= 15 is 0 Å². The lowest BCUT2D eigenvalue weighted by Crippen LogP contribution is -2.37. The van der Waals surface area contributed by atoms with Crippen molar-refractivity contribution in [3.05, 3.63) is 65.0 Å². The molecule has 1 heterocycles. The van der Waals surface area contributed by atoms with Gasteiger partial charge in [0.2, 0.25) is 0 Å². The molecule has 2 aromatic carbocycles. The van der Waals surface area contributed by atoms with Crippen molar-refractivity contribution in [2.24, 2.45) is 7.05 Å². The van der Waals surface area contributed by atoms with Gasteiger partial charge in [0.15, 0.2) is 5.82 Å². The smallest absolute Gasteiger partial charge is 0.251 e. The van der Waals surface area contributed by atoms with Crippen LogP contribution in [0.15, 0.2) is 42.5 Å². The summed E-state index contributed by atoms with van der Waals surface area (Å²) in [6.45, 7) is 10.0. The van der Waals surface area contributed by atoms with E-state index in [1.807, 2.05) is 49.8 Å². The number of carbonyl (C=O) groups excluding carboxylic acids is 1. The third kappa shape index (κ3) is 6.70. The predicted octanol–water partition coefficient (Wildman–Crippen LogP) is 4.16. The molecule has 190 valence electrons. The number of benzene rings is 2. The molecule has 3 rings (SSSR count). The Bertz CT molecular complexity index is 1230. The number of rotatable bonds is 9. The third-order valence-corrected chi connectivity index (χ3v) is 5.67. The molecule has 0 unspecified atom stereocenters. The quantitative estimate of drug-likeness (QED) is 0.467. The van der Waals surface area contributed by atoms with Gasteiger partial charge in [0.05, 0.1) is 11.7 Å². The number of nitrogens with one attached hydrogen (secondary N) is 1. The molecule has 0 saturated carbocycles. The number of hydrogen-bond acceptors (Lipinski definition) is 6.